The molecule has 3 heterocycles. The van der Waals surface area contributed by atoms with Crippen molar-refractivity contribution in [3.8, 4) is 11.3 Å². The fourth-order valence-corrected chi connectivity index (χ4v) is 4.63. The van der Waals surface area contributed by atoms with E-state index in [4.69, 9.17) is 16.7 Å². The highest BCUT2D eigenvalue weighted by atomic mass is 35.5. The van der Waals surface area contributed by atoms with Crippen molar-refractivity contribution in [1.82, 2.24) is 14.6 Å². The number of nitrogens with one attached hydrogen (secondary N) is 1. The number of amides is 1. The van der Waals surface area contributed by atoms with Gasteiger partial charge in [-0.2, -0.15) is 9.61 Å². The molecule has 1 amide bonds. The molecule has 1 saturated heterocycles. The molecule has 0 bridgehead atoms. The molecule has 4 aromatic rings. The highest BCUT2D eigenvalue weighted by Crippen LogP contribution is 2.28. The van der Waals surface area contributed by atoms with Gasteiger partial charge in [0.05, 0.1) is 5.69 Å². The van der Waals surface area contributed by atoms with Crippen LogP contribution >= 0.6 is 11.6 Å². The first-order chi connectivity index (χ1) is 16.4. The number of benzene rings is 2. The maximum absolute atomic E-state index is 12.9. The molecule has 6 nitrogen and oxygen atoms in total. The quantitative estimate of drug-likeness (QED) is 0.405. The Labute approximate surface area is 204 Å². The van der Waals surface area contributed by atoms with Gasteiger partial charge in [-0.15, -0.1) is 0 Å². The van der Waals surface area contributed by atoms with Crippen LogP contribution < -0.4 is 10.2 Å². The molecule has 0 atom stereocenters. The molecule has 1 aliphatic heterocycles. The van der Waals surface area contributed by atoms with Gasteiger partial charge in [0.15, 0.2) is 5.65 Å². The fraction of sp³-hybridized carbons (Fsp3) is 0.296. The van der Waals surface area contributed by atoms with Crippen LogP contribution in [0.25, 0.3) is 16.9 Å². The lowest BCUT2D eigenvalue weighted by atomic mass is 9.95. The van der Waals surface area contributed by atoms with Crippen LogP contribution in [0.15, 0.2) is 54.6 Å². The van der Waals surface area contributed by atoms with E-state index in [9.17, 15) is 4.79 Å². The first kappa shape index (κ1) is 22.4. The Hall–Kier alpha value is -3.38. The number of rotatable bonds is 4. The summed E-state index contributed by atoms with van der Waals surface area (Å²) in [6, 6.07) is 17.8. The second kappa shape index (κ2) is 9.11. The van der Waals surface area contributed by atoms with E-state index in [1.165, 1.54) is 11.1 Å². The zero-order chi connectivity index (χ0) is 23.8. The van der Waals surface area contributed by atoms with Gasteiger partial charge in [-0.3, -0.25) is 4.79 Å². The predicted octanol–water partition coefficient (Wildman–Crippen LogP) is 5.83. The Morgan fingerprint density at radius 1 is 0.971 bits per heavy atom. The third-order valence-corrected chi connectivity index (χ3v) is 6.89. The van der Waals surface area contributed by atoms with Gasteiger partial charge in [-0.05, 0) is 69.0 Å². The van der Waals surface area contributed by atoms with Crippen molar-refractivity contribution in [1.29, 1.82) is 0 Å². The lowest BCUT2D eigenvalue weighted by Gasteiger charge is -2.33. The fourth-order valence-electron chi connectivity index (χ4n) is 4.50. The van der Waals surface area contributed by atoms with E-state index in [0.29, 0.717) is 5.02 Å². The topological polar surface area (TPSA) is 62.5 Å². The van der Waals surface area contributed by atoms with Gasteiger partial charge in [0.1, 0.15) is 5.82 Å². The molecule has 1 N–H and O–H groups in total. The predicted molar refractivity (Wildman–Crippen MR) is 138 cm³/mol. The lowest BCUT2D eigenvalue weighted by molar-refractivity contribution is -0.120. The summed E-state index contributed by atoms with van der Waals surface area (Å²) >= 11 is 6.04. The minimum absolute atomic E-state index is 0.00136. The Balaban J connectivity index is 1.32. The third-order valence-electron chi connectivity index (χ3n) is 6.64. The Kier molecular flexibility index (Phi) is 6.00. The van der Waals surface area contributed by atoms with E-state index in [2.05, 4.69) is 35.1 Å². The van der Waals surface area contributed by atoms with Crippen LogP contribution in [0, 0.1) is 26.7 Å². The number of carbonyl (C=O) groups is 1. The summed E-state index contributed by atoms with van der Waals surface area (Å²) in [7, 11) is 0. The molecule has 2 aromatic carbocycles. The average molecular weight is 474 g/mol. The number of hydrogen-bond donors (Lipinski definition) is 1. The van der Waals surface area contributed by atoms with Crippen LogP contribution in [-0.2, 0) is 4.79 Å². The normalized spacial score (nSPS) is 14.5. The van der Waals surface area contributed by atoms with Crippen molar-refractivity contribution < 1.29 is 4.79 Å². The van der Waals surface area contributed by atoms with Gasteiger partial charge in [-0.25, -0.2) is 4.98 Å². The molecule has 34 heavy (non-hydrogen) atoms. The Morgan fingerprint density at radius 3 is 2.41 bits per heavy atom. The van der Waals surface area contributed by atoms with E-state index in [1.54, 1.807) is 0 Å². The first-order valence-electron chi connectivity index (χ1n) is 11.6. The molecule has 0 aliphatic carbocycles. The Bertz CT molecular complexity index is 1350. The highest BCUT2D eigenvalue weighted by Gasteiger charge is 2.27. The monoisotopic (exact) mass is 473 g/mol. The molecule has 0 radical (unpaired) electrons. The summed E-state index contributed by atoms with van der Waals surface area (Å²) in [5.41, 5.74) is 6.89. The zero-order valence-electron chi connectivity index (χ0n) is 19.7. The van der Waals surface area contributed by atoms with Gasteiger partial charge in [0, 0.05) is 53.1 Å². The van der Waals surface area contributed by atoms with Crippen molar-refractivity contribution in [2.75, 3.05) is 23.3 Å². The molecule has 0 spiro atoms. The smallest absolute Gasteiger partial charge is 0.227 e. The summed E-state index contributed by atoms with van der Waals surface area (Å²) in [6.07, 6.45) is 1.59. The van der Waals surface area contributed by atoms with Crippen molar-refractivity contribution in [3.63, 3.8) is 0 Å². The number of fused-ring (bicyclic) bond motifs is 1. The minimum Gasteiger partial charge on any atom is -0.356 e. The second-order valence-corrected chi connectivity index (χ2v) is 9.55. The number of hydrogen-bond acceptors (Lipinski definition) is 4. The lowest BCUT2D eigenvalue weighted by Crippen LogP contribution is -2.39. The van der Waals surface area contributed by atoms with Gasteiger partial charge >= 0.3 is 0 Å². The van der Waals surface area contributed by atoms with Crippen LogP contribution in [-0.4, -0.2) is 33.6 Å². The molecule has 1 aliphatic rings. The zero-order valence-corrected chi connectivity index (χ0v) is 20.4. The van der Waals surface area contributed by atoms with Crippen molar-refractivity contribution in [2.45, 2.75) is 33.6 Å². The maximum atomic E-state index is 12.9. The average Bonchev–Trinajstić information content (AvgIpc) is 3.25. The van der Waals surface area contributed by atoms with Crippen LogP contribution in [0.2, 0.25) is 5.02 Å². The number of piperidine rings is 1. The van der Waals surface area contributed by atoms with Crippen LogP contribution in [0.4, 0.5) is 11.5 Å². The number of aryl methyl sites for hydroxylation is 3. The number of nitrogens with zero attached hydrogens (tertiary/aromatic N) is 4. The molecule has 1 fully saturated rings. The number of anilines is 2. The molecule has 5 rings (SSSR count). The standard InChI is InChI=1S/C27H28ClN5O/c1-17-4-9-23(14-18(17)2)30-27(34)21-10-12-32(13-11-21)26-15-19(3)29-25-16-24(31-33(25)26)20-5-7-22(28)8-6-20/h4-9,14-16,21H,10-13H2,1-3H3,(H,30,34). The number of aromatic nitrogens is 3. The molecular weight excluding hydrogens is 446 g/mol. The number of carbonyl (C=O) groups excluding carboxylic acids is 1. The summed E-state index contributed by atoms with van der Waals surface area (Å²) < 4.78 is 1.91. The van der Waals surface area contributed by atoms with E-state index < -0.39 is 0 Å². The SMILES string of the molecule is Cc1cc(N2CCC(C(=O)Nc3ccc(C)c(C)c3)CC2)n2nc(-c3ccc(Cl)cc3)cc2n1. The van der Waals surface area contributed by atoms with Gasteiger partial charge in [-0.1, -0.05) is 29.8 Å². The molecule has 7 heteroatoms. The third kappa shape index (κ3) is 4.50. The van der Waals surface area contributed by atoms with Crippen LogP contribution in [0.1, 0.15) is 29.7 Å². The minimum atomic E-state index is -0.00136. The molecule has 2 aromatic heterocycles. The summed E-state index contributed by atoms with van der Waals surface area (Å²) in [5.74, 6) is 1.11. The highest BCUT2D eigenvalue weighted by molar-refractivity contribution is 6.30. The molecule has 174 valence electrons. The molecule has 0 unspecified atom stereocenters. The van der Waals surface area contributed by atoms with E-state index in [0.717, 1.165) is 60.0 Å². The maximum Gasteiger partial charge on any atom is 0.227 e. The van der Waals surface area contributed by atoms with Gasteiger partial charge in [0.25, 0.3) is 0 Å². The van der Waals surface area contributed by atoms with Crippen molar-refractivity contribution >= 4 is 34.7 Å². The first-order valence-corrected chi connectivity index (χ1v) is 12.0. The summed E-state index contributed by atoms with van der Waals surface area (Å²) in [4.78, 5) is 19.9. The van der Waals surface area contributed by atoms with Crippen LogP contribution in [0.3, 0.4) is 0 Å². The van der Waals surface area contributed by atoms with Crippen molar-refractivity contribution in [3.05, 3.63) is 76.4 Å². The van der Waals surface area contributed by atoms with E-state index >= 15 is 0 Å². The largest absolute Gasteiger partial charge is 0.356 e. The molecule has 0 saturated carbocycles. The molecular formula is C27H28ClN5O. The number of halogens is 1. The van der Waals surface area contributed by atoms with E-state index in [-0.39, 0.29) is 11.8 Å². The summed E-state index contributed by atoms with van der Waals surface area (Å²) in [6.45, 7) is 7.72. The van der Waals surface area contributed by atoms with Crippen LogP contribution in [0.5, 0.6) is 0 Å². The van der Waals surface area contributed by atoms with Gasteiger partial charge < -0.3 is 10.2 Å². The summed E-state index contributed by atoms with van der Waals surface area (Å²) in [5, 5.41) is 8.65. The van der Waals surface area contributed by atoms with Crippen molar-refractivity contribution in [2.24, 2.45) is 5.92 Å². The van der Waals surface area contributed by atoms with Gasteiger partial charge in [0.2, 0.25) is 5.91 Å². The Morgan fingerprint density at radius 2 is 1.71 bits per heavy atom. The second-order valence-electron chi connectivity index (χ2n) is 9.11. The van der Waals surface area contributed by atoms with E-state index in [1.807, 2.05) is 60.0 Å².